The molecule has 1 atom stereocenters. The van der Waals surface area contributed by atoms with Crippen LogP contribution in [0.3, 0.4) is 0 Å². The van der Waals surface area contributed by atoms with Crippen molar-refractivity contribution < 1.29 is 14.6 Å². The van der Waals surface area contributed by atoms with Crippen molar-refractivity contribution in [1.29, 1.82) is 0 Å². The summed E-state index contributed by atoms with van der Waals surface area (Å²) in [6.45, 7) is 1.99. The van der Waals surface area contributed by atoms with Crippen LogP contribution in [0.4, 0.5) is 5.82 Å². The van der Waals surface area contributed by atoms with E-state index in [-0.39, 0.29) is 0 Å². The molecular weight excluding hydrogens is 294 g/mol. The number of piperidine rings is 1. The highest BCUT2D eigenvalue weighted by Crippen LogP contribution is 2.41. The topological polar surface area (TPSA) is 75.6 Å². The van der Waals surface area contributed by atoms with E-state index < -0.39 is 11.4 Å². The summed E-state index contributed by atoms with van der Waals surface area (Å²) in [5.41, 5.74) is 0.405. The van der Waals surface area contributed by atoms with Crippen LogP contribution in [0.2, 0.25) is 0 Å². The molecule has 6 heteroatoms. The average Bonchev–Trinajstić information content (AvgIpc) is 3.40. The maximum atomic E-state index is 11.9. The van der Waals surface area contributed by atoms with Gasteiger partial charge >= 0.3 is 5.97 Å². The number of ether oxygens (including phenoxy) is 1. The van der Waals surface area contributed by atoms with Gasteiger partial charge in [0.05, 0.1) is 5.41 Å². The van der Waals surface area contributed by atoms with Crippen LogP contribution in [0.15, 0.2) is 12.4 Å². The van der Waals surface area contributed by atoms with Gasteiger partial charge in [-0.25, -0.2) is 9.97 Å². The maximum Gasteiger partial charge on any atom is 0.311 e. The number of carboxylic acid groups (broad SMARTS) is 1. The second-order valence-electron chi connectivity index (χ2n) is 6.78. The van der Waals surface area contributed by atoms with Gasteiger partial charge in [-0.05, 0) is 38.5 Å². The van der Waals surface area contributed by atoms with Crippen LogP contribution >= 0.6 is 0 Å². The van der Waals surface area contributed by atoms with Crippen LogP contribution in [0.1, 0.15) is 50.1 Å². The number of nitrogens with zero attached hydrogens (tertiary/aromatic N) is 3. The third-order valence-electron chi connectivity index (χ3n) is 5.03. The van der Waals surface area contributed by atoms with E-state index in [0.29, 0.717) is 25.5 Å². The molecule has 0 unspecified atom stereocenters. The van der Waals surface area contributed by atoms with Crippen molar-refractivity contribution in [2.45, 2.75) is 44.4 Å². The number of hydrogen-bond acceptors (Lipinski definition) is 5. The van der Waals surface area contributed by atoms with E-state index in [1.807, 2.05) is 6.07 Å². The average molecular weight is 319 g/mol. The zero-order valence-corrected chi connectivity index (χ0v) is 13.7. The van der Waals surface area contributed by atoms with Gasteiger partial charge in [0.15, 0.2) is 0 Å². The second-order valence-corrected chi connectivity index (χ2v) is 6.78. The molecule has 1 aliphatic heterocycles. The monoisotopic (exact) mass is 319 g/mol. The quantitative estimate of drug-likeness (QED) is 0.778. The molecule has 0 radical (unpaired) electrons. The normalized spacial score (nSPS) is 24.7. The number of anilines is 1. The standard InChI is InChI=1S/C17H25N3O3/c1-23-9-3-7-17(16(21)22)6-2-8-20(11-17)15-10-14(13-4-5-13)18-12-19-15/h10,12-13H,2-9,11H2,1H3,(H,21,22)/t17-/m0/s1. The van der Waals surface area contributed by atoms with E-state index in [4.69, 9.17) is 4.74 Å². The van der Waals surface area contributed by atoms with Crippen LogP contribution in [-0.2, 0) is 9.53 Å². The number of rotatable bonds is 7. The predicted octanol–water partition coefficient (Wildman–Crippen LogP) is 2.45. The Bertz CT molecular complexity index is 562. The number of carboxylic acids is 1. The van der Waals surface area contributed by atoms with Crippen molar-refractivity contribution in [3.8, 4) is 0 Å². The van der Waals surface area contributed by atoms with Crippen LogP contribution in [0, 0.1) is 5.41 Å². The van der Waals surface area contributed by atoms with E-state index in [0.717, 1.165) is 37.3 Å². The van der Waals surface area contributed by atoms with Crippen LogP contribution in [-0.4, -0.2) is 47.8 Å². The first-order valence-electron chi connectivity index (χ1n) is 8.44. The maximum absolute atomic E-state index is 11.9. The first-order valence-corrected chi connectivity index (χ1v) is 8.44. The minimum absolute atomic E-state index is 0.521. The third-order valence-corrected chi connectivity index (χ3v) is 5.03. The van der Waals surface area contributed by atoms with Crippen LogP contribution < -0.4 is 4.90 Å². The van der Waals surface area contributed by atoms with Gasteiger partial charge in [-0.1, -0.05) is 0 Å². The zero-order chi connectivity index (χ0) is 16.3. The van der Waals surface area contributed by atoms with Crippen molar-refractivity contribution in [1.82, 2.24) is 9.97 Å². The lowest BCUT2D eigenvalue weighted by Crippen LogP contribution is -2.48. The number of methoxy groups -OCH3 is 1. The van der Waals surface area contributed by atoms with Gasteiger partial charge in [0.2, 0.25) is 0 Å². The highest BCUT2D eigenvalue weighted by molar-refractivity contribution is 5.76. The lowest BCUT2D eigenvalue weighted by atomic mass is 9.76. The molecule has 2 fully saturated rings. The van der Waals surface area contributed by atoms with Gasteiger partial charge in [-0.2, -0.15) is 0 Å². The van der Waals surface area contributed by atoms with Gasteiger partial charge < -0.3 is 14.7 Å². The van der Waals surface area contributed by atoms with Crippen molar-refractivity contribution in [3.05, 3.63) is 18.1 Å². The molecule has 0 spiro atoms. The van der Waals surface area contributed by atoms with Gasteiger partial charge in [-0.3, -0.25) is 4.79 Å². The highest BCUT2D eigenvalue weighted by atomic mass is 16.5. The van der Waals surface area contributed by atoms with E-state index in [2.05, 4.69) is 14.9 Å². The largest absolute Gasteiger partial charge is 0.481 e. The lowest BCUT2D eigenvalue weighted by molar-refractivity contribution is -0.150. The molecule has 0 bridgehead atoms. The fraction of sp³-hybridized carbons (Fsp3) is 0.706. The molecule has 2 aliphatic rings. The first kappa shape index (κ1) is 16.2. The molecule has 3 rings (SSSR count). The molecule has 1 aliphatic carbocycles. The SMILES string of the molecule is COCCC[C@@]1(C(=O)O)CCCN(c2cc(C3CC3)ncn2)C1. The van der Waals surface area contributed by atoms with Crippen molar-refractivity contribution in [3.63, 3.8) is 0 Å². The third kappa shape index (κ3) is 3.63. The lowest BCUT2D eigenvalue weighted by Gasteiger charge is -2.40. The summed E-state index contributed by atoms with van der Waals surface area (Å²) in [4.78, 5) is 22.8. The predicted molar refractivity (Wildman–Crippen MR) is 86.6 cm³/mol. The van der Waals surface area contributed by atoms with Gasteiger partial charge in [0.1, 0.15) is 12.1 Å². The van der Waals surface area contributed by atoms with Crippen molar-refractivity contribution >= 4 is 11.8 Å². The van der Waals surface area contributed by atoms with Crippen molar-refractivity contribution in [2.24, 2.45) is 5.41 Å². The smallest absolute Gasteiger partial charge is 0.311 e. The Labute approximate surface area is 136 Å². The summed E-state index contributed by atoms with van der Waals surface area (Å²) < 4.78 is 5.09. The molecule has 1 saturated heterocycles. The fourth-order valence-corrected chi connectivity index (χ4v) is 3.50. The van der Waals surface area contributed by atoms with Gasteiger partial charge in [0.25, 0.3) is 0 Å². The Morgan fingerprint density at radius 1 is 1.48 bits per heavy atom. The molecule has 1 aromatic rings. The number of aliphatic carboxylic acids is 1. The van der Waals surface area contributed by atoms with Gasteiger partial charge in [-0.15, -0.1) is 0 Å². The first-order chi connectivity index (χ1) is 11.1. The van der Waals surface area contributed by atoms with E-state index in [1.165, 1.54) is 12.8 Å². The zero-order valence-electron chi connectivity index (χ0n) is 13.7. The summed E-state index contributed by atoms with van der Waals surface area (Å²) in [7, 11) is 1.65. The summed E-state index contributed by atoms with van der Waals surface area (Å²) in [5, 5.41) is 9.81. The highest BCUT2D eigenvalue weighted by Gasteiger charge is 2.42. The van der Waals surface area contributed by atoms with Gasteiger partial charge in [0, 0.05) is 44.5 Å². The molecule has 0 amide bonds. The minimum atomic E-state index is -0.699. The Morgan fingerprint density at radius 3 is 3.00 bits per heavy atom. The van der Waals surface area contributed by atoms with Crippen LogP contribution in [0.25, 0.3) is 0 Å². The van der Waals surface area contributed by atoms with Crippen molar-refractivity contribution in [2.75, 3.05) is 31.7 Å². The second kappa shape index (κ2) is 6.83. The number of carbonyl (C=O) groups is 1. The minimum Gasteiger partial charge on any atom is -0.481 e. The Balaban J connectivity index is 1.75. The number of hydrogen-bond donors (Lipinski definition) is 1. The molecule has 0 aromatic carbocycles. The molecule has 126 valence electrons. The summed E-state index contributed by atoms with van der Waals surface area (Å²) >= 11 is 0. The number of aromatic nitrogens is 2. The van der Waals surface area contributed by atoms with E-state index in [1.54, 1.807) is 13.4 Å². The molecule has 1 aromatic heterocycles. The van der Waals surface area contributed by atoms with E-state index in [9.17, 15) is 9.90 Å². The molecule has 2 heterocycles. The Kier molecular flexibility index (Phi) is 4.80. The molecule has 1 N–H and O–H groups in total. The van der Waals surface area contributed by atoms with Crippen LogP contribution in [0.5, 0.6) is 0 Å². The Morgan fingerprint density at radius 2 is 2.30 bits per heavy atom. The fourth-order valence-electron chi connectivity index (χ4n) is 3.50. The summed E-state index contributed by atoms with van der Waals surface area (Å²) in [6.07, 6.45) is 7.04. The summed E-state index contributed by atoms with van der Waals surface area (Å²) in [5.74, 6) is 0.751. The van der Waals surface area contributed by atoms with E-state index >= 15 is 0 Å². The molecular formula is C17H25N3O3. The Hall–Kier alpha value is -1.69. The molecule has 1 saturated carbocycles. The summed E-state index contributed by atoms with van der Waals surface area (Å²) in [6, 6.07) is 2.05. The molecule has 23 heavy (non-hydrogen) atoms. The molecule has 6 nitrogen and oxygen atoms in total.